The van der Waals surface area contributed by atoms with E-state index in [9.17, 15) is 0 Å². The summed E-state index contributed by atoms with van der Waals surface area (Å²) in [5, 5.41) is 0. The van der Waals surface area contributed by atoms with Crippen LogP contribution in [0, 0.1) is 0 Å². The molecule has 3 aliphatic rings. The molecule has 0 aliphatic heterocycles. The van der Waals surface area contributed by atoms with E-state index >= 15 is 0 Å². The summed E-state index contributed by atoms with van der Waals surface area (Å²) in [6.07, 6.45) is 0. The lowest BCUT2D eigenvalue weighted by molar-refractivity contribution is 0.713. The van der Waals surface area contributed by atoms with Crippen molar-refractivity contribution >= 4 is 17.4 Å². The van der Waals surface area contributed by atoms with Gasteiger partial charge < -0.3 is 4.90 Å². The Morgan fingerprint density at radius 2 is 1.03 bits per heavy atom. The van der Waals surface area contributed by atoms with Gasteiger partial charge in [-0.15, -0.1) is 11.8 Å². The van der Waals surface area contributed by atoms with Crippen molar-refractivity contribution in [2.24, 2.45) is 0 Å². The van der Waals surface area contributed by atoms with Crippen molar-refractivity contribution in [3.8, 4) is 0 Å². The molecular weight excluding hydrogens is 382 g/mol. The van der Waals surface area contributed by atoms with Gasteiger partial charge in [-0.25, -0.2) is 0 Å². The summed E-state index contributed by atoms with van der Waals surface area (Å²) in [5.74, 6) is 0.326. The first-order chi connectivity index (χ1) is 14.7. The van der Waals surface area contributed by atoms with Crippen molar-refractivity contribution in [2.75, 3.05) is 19.0 Å². The summed E-state index contributed by atoms with van der Waals surface area (Å²) >= 11 is 1.98. The van der Waals surface area contributed by atoms with E-state index in [1.807, 2.05) is 11.8 Å². The fourth-order valence-corrected chi connectivity index (χ4v) is 6.81. The van der Waals surface area contributed by atoms with Gasteiger partial charge in [0.05, 0.1) is 4.75 Å². The molecule has 0 saturated heterocycles. The first-order valence-electron chi connectivity index (χ1n) is 10.4. The molecule has 0 aromatic heterocycles. The van der Waals surface area contributed by atoms with Gasteiger partial charge in [0.2, 0.25) is 0 Å². The molecule has 4 aromatic carbocycles. The van der Waals surface area contributed by atoms with Gasteiger partial charge in [0.1, 0.15) is 0 Å². The first kappa shape index (κ1) is 17.9. The lowest BCUT2D eigenvalue weighted by Crippen LogP contribution is -2.39. The Bertz CT molecular complexity index is 1140. The topological polar surface area (TPSA) is 3.24 Å². The predicted octanol–water partition coefficient (Wildman–Crippen LogP) is 6.64. The summed E-state index contributed by atoms with van der Waals surface area (Å²) in [7, 11) is 4.18. The minimum absolute atomic E-state index is 0.224. The Kier molecular flexibility index (Phi) is 3.88. The second kappa shape index (κ2) is 6.52. The first-order valence-corrected chi connectivity index (χ1v) is 11.3. The molecule has 0 radical (unpaired) electrons. The summed E-state index contributed by atoms with van der Waals surface area (Å²) in [4.78, 5) is 3.44. The number of rotatable bonds is 3. The molecule has 1 nitrogen and oxygen atoms in total. The highest BCUT2D eigenvalue weighted by Crippen LogP contribution is 2.64. The summed E-state index contributed by atoms with van der Waals surface area (Å²) in [6, 6.07) is 36.1. The predicted molar refractivity (Wildman–Crippen MR) is 127 cm³/mol. The van der Waals surface area contributed by atoms with Crippen LogP contribution in [0.3, 0.4) is 0 Å². The van der Waals surface area contributed by atoms with E-state index < -0.39 is 0 Å². The zero-order chi connectivity index (χ0) is 20.3. The minimum Gasteiger partial charge on any atom is -0.378 e. The van der Waals surface area contributed by atoms with Crippen LogP contribution < -0.4 is 4.90 Å². The maximum atomic E-state index is 2.34. The molecule has 4 aromatic rings. The maximum Gasteiger partial charge on any atom is 0.0963 e. The fraction of sp³-hybridized carbons (Fsp3) is 0.143. The third-order valence-electron chi connectivity index (χ3n) is 6.58. The highest BCUT2D eigenvalue weighted by atomic mass is 32.2. The molecule has 146 valence electrons. The van der Waals surface area contributed by atoms with Crippen LogP contribution in [-0.4, -0.2) is 14.1 Å². The number of anilines is 1. The quantitative estimate of drug-likeness (QED) is 0.376. The van der Waals surface area contributed by atoms with Crippen LogP contribution in [0.5, 0.6) is 0 Å². The molecule has 7 rings (SSSR count). The van der Waals surface area contributed by atoms with Crippen LogP contribution in [0.4, 0.5) is 5.69 Å². The number of nitrogens with zero attached hydrogens (tertiary/aromatic N) is 1. The highest BCUT2D eigenvalue weighted by Gasteiger charge is 2.52. The fourth-order valence-electron chi connectivity index (χ4n) is 5.30. The molecule has 0 atom stereocenters. The van der Waals surface area contributed by atoms with Gasteiger partial charge in [-0.05, 0) is 57.6 Å². The van der Waals surface area contributed by atoms with Gasteiger partial charge in [0.15, 0.2) is 0 Å². The zero-order valence-electron chi connectivity index (χ0n) is 17.2. The summed E-state index contributed by atoms with van der Waals surface area (Å²) in [5.41, 5.74) is 9.90. The summed E-state index contributed by atoms with van der Waals surface area (Å²) < 4.78 is -0.224. The zero-order valence-corrected chi connectivity index (χ0v) is 18.0. The van der Waals surface area contributed by atoms with Crippen molar-refractivity contribution in [1.82, 2.24) is 0 Å². The van der Waals surface area contributed by atoms with Crippen LogP contribution in [0.15, 0.2) is 102 Å². The largest absolute Gasteiger partial charge is 0.378 e. The Hall–Kier alpha value is -2.97. The number of benzene rings is 4. The van der Waals surface area contributed by atoms with E-state index in [4.69, 9.17) is 0 Å². The van der Waals surface area contributed by atoms with Crippen molar-refractivity contribution in [3.63, 3.8) is 0 Å². The number of hydrogen-bond donors (Lipinski definition) is 0. The van der Waals surface area contributed by atoms with Crippen molar-refractivity contribution < 1.29 is 0 Å². The molecule has 30 heavy (non-hydrogen) atoms. The van der Waals surface area contributed by atoms with Gasteiger partial charge in [0, 0.05) is 30.6 Å². The Labute approximate surface area is 182 Å². The van der Waals surface area contributed by atoms with E-state index in [1.165, 1.54) is 44.0 Å². The SMILES string of the molecule is CN(C)c1ccc(SC23c4ccccc4C(c4ccccc42)c2ccccc23)cc1. The summed E-state index contributed by atoms with van der Waals surface area (Å²) in [6.45, 7) is 0. The van der Waals surface area contributed by atoms with E-state index in [-0.39, 0.29) is 4.75 Å². The van der Waals surface area contributed by atoms with Gasteiger partial charge in [-0.1, -0.05) is 72.8 Å². The van der Waals surface area contributed by atoms with Crippen molar-refractivity contribution in [3.05, 3.63) is 130 Å². The molecular formula is C28H23NS. The van der Waals surface area contributed by atoms with E-state index in [2.05, 4.69) is 116 Å². The monoisotopic (exact) mass is 405 g/mol. The van der Waals surface area contributed by atoms with E-state index in [0.717, 1.165) is 0 Å². The van der Waals surface area contributed by atoms with E-state index in [0.29, 0.717) is 5.92 Å². The normalized spacial score (nSPS) is 20.3. The third kappa shape index (κ3) is 2.31. The molecule has 0 amide bonds. The van der Waals surface area contributed by atoms with Crippen LogP contribution in [-0.2, 0) is 4.75 Å². The molecule has 0 unspecified atom stereocenters. The van der Waals surface area contributed by atoms with Gasteiger partial charge in [-0.2, -0.15) is 0 Å². The Morgan fingerprint density at radius 1 is 0.600 bits per heavy atom. The molecule has 3 aliphatic carbocycles. The standard InChI is InChI=1S/C28H23NS/c1-29(2)19-15-17-20(18-16-19)30-28-24-12-6-3-9-21(24)27(22-10-4-7-13-25(22)28)23-11-5-8-14-26(23)28/h3-18,27H,1-2H3. The molecule has 0 fully saturated rings. The highest BCUT2D eigenvalue weighted by molar-refractivity contribution is 8.00. The van der Waals surface area contributed by atoms with Crippen LogP contribution >= 0.6 is 11.8 Å². The second-order valence-corrected chi connectivity index (χ2v) is 9.65. The molecule has 0 N–H and O–H groups in total. The average Bonchev–Trinajstić information content (AvgIpc) is 2.80. The van der Waals surface area contributed by atoms with Gasteiger partial charge in [0.25, 0.3) is 0 Å². The van der Waals surface area contributed by atoms with E-state index in [1.54, 1.807) is 0 Å². The van der Waals surface area contributed by atoms with Gasteiger partial charge >= 0.3 is 0 Å². The second-order valence-electron chi connectivity index (χ2n) is 8.37. The van der Waals surface area contributed by atoms with Gasteiger partial charge in [-0.3, -0.25) is 0 Å². The van der Waals surface area contributed by atoms with Crippen LogP contribution in [0.25, 0.3) is 0 Å². The maximum absolute atomic E-state index is 2.34. The minimum atomic E-state index is -0.224. The van der Waals surface area contributed by atoms with Crippen molar-refractivity contribution in [2.45, 2.75) is 15.6 Å². The molecule has 2 bridgehead atoms. The van der Waals surface area contributed by atoms with Crippen molar-refractivity contribution in [1.29, 1.82) is 0 Å². The van der Waals surface area contributed by atoms with Crippen LogP contribution in [0.1, 0.15) is 39.3 Å². The number of hydrogen-bond acceptors (Lipinski definition) is 2. The third-order valence-corrected chi connectivity index (χ3v) is 8.05. The molecule has 0 saturated carbocycles. The molecule has 0 spiro atoms. The molecule has 2 heteroatoms. The lowest BCUT2D eigenvalue weighted by atomic mass is 9.60. The molecule has 0 heterocycles. The Balaban J connectivity index is 1.64. The lowest BCUT2D eigenvalue weighted by Gasteiger charge is -2.50. The van der Waals surface area contributed by atoms with Crippen LogP contribution in [0.2, 0.25) is 0 Å². The number of thioether (sulfide) groups is 1. The Morgan fingerprint density at radius 3 is 1.47 bits per heavy atom. The average molecular weight is 406 g/mol. The smallest absolute Gasteiger partial charge is 0.0963 e.